The summed E-state index contributed by atoms with van der Waals surface area (Å²) in [7, 11) is 1.58. The number of hydrogen-bond donors (Lipinski definition) is 0. The van der Waals surface area contributed by atoms with Gasteiger partial charge < -0.3 is 9.47 Å². The zero-order valence-corrected chi connectivity index (χ0v) is 10.7. The molecule has 0 aliphatic carbocycles. The van der Waals surface area contributed by atoms with E-state index in [9.17, 15) is 4.79 Å². The highest BCUT2D eigenvalue weighted by molar-refractivity contribution is 5.72. The van der Waals surface area contributed by atoms with Crippen LogP contribution in [0.25, 0.3) is 10.4 Å². The van der Waals surface area contributed by atoms with Gasteiger partial charge in [-0.3, -0.25) is 4.79 Å². The van der Waals surface area contributed by atoms with Crippen LogP contribution in [0, 0.1) is 0 Å². The van der Waals surface area contributed by atoms with Crippen molar-refractivity contribution in [3.63, 3.8) is 0 Å². The van der Waals surface area contributed by atoms with Crippen LogP contribution in [-0.2, 0) is 16.0 Å². The van der Waals surface area contributed by atoms with Gasteiger partial charge in [0.1, 0.15) is 12.4 Å². The molecule has 1 unspecified atom stereocenters. The number of carbonyl (C=O) groups excluding carboxylic acids is 1. The van der Waals surface area contributed by atoms with Crippen LogP contribution in [0.5, 0.6) is 5.75 Å². The standard InChI is InChI=1S/C13H15N3O3/c1-3-11(15-16-14)9-19-13(17)8-10-4-6-12(18-2)7-5-10/h3-7,11H,1,8-9H2,2H3. The average Bonchev–Trinajstić information content (AvgIpc) is 2.44. The number of hydrogen-bond acceptors (Lipinski definition) is 4. The van der Waals surface area contributed by atoms with Crippen molar-refractivity contribution in [2.24, 2.45) is 5.11 Å². The maximum absolute atomic E-state index is 11.6. The lowest BCUT2D eigenvalue weighted by molar-refractivity contribution is -0.143. The van der Waals surface area contributed by atoms with Crippen molar-refractivity contribution in [3.05, 3.63) is 52.9 Å². The van der Waals surface area contributed by atoms with Crippen LogP contribution in [0.1, 0.15) is 5.56 Å². The van der Waals surface area contributed by atoms with Gasteiger partial charge in [0.25, 0.3) is 0 Å². The molecule has 0 heterocycles. The van der Waals surface area contributed by atoms with Crippen molar-refractivity contribution in [1.82, 2.24) is 0 Å². The third-order valence-electron chi connectivity index (χ3n) is 2.39. The second kappa shape index (κ2) is 7.79. The van der Waals surface area contributed by atoms with Gasteiger partial charge in [-0.2, -0.15) is 0 Å². The predicted molar refractivity (Wildman–Crippen MR) is 70.8 cm³/mol. The van der Waals surface area contributed by atoms with E-state index in [1.807, 2.05) is 0 Å². The Bertz CT molecular complexity index is 478. The van der Waals surface area contributed by atoms with E-state index in [0.29, 0.717) is 0 Å². The zero-order chi connectivity index (χ0) is 14.1. The molecule has 1 atom stereocenters. The number of rotatable bonds is 7. The topological polar surface area (TPSA) is 84.3 Å². The summed E-state index contributed by atoms with van der Waals surface area (Å²) in [5.41, 5.74) is 9.10. The lowest BCUT2D eigenvalue weighted by atomic mass is 10.1. The molecule has 1 aromatic rings. The maximum atomic E-state index is 11.6. The van der Waals surface area contributed by atoms with E-state index in [1.54, 1.807) is 31.4 Å². The zero-order valence-electron chi connectivity index (χ0n) is 10.7. The number of esters is 1. The van der Waals surface area contributed by atoms with Crippen LogP contribution < -0.4 is 4.74 Å². The van der Waals surface area contributed by atoms with Crippen molar-refractivity contribution in [1.29, 1.82) is 0 Å². The number of nitrogens with zero attached hydrogens (tertiary/aromatic N) is 3. The van der Waals surface area contributed by atoms with Crippen LogP contribution in [0.3, 0.4) is 0 Å². The van der Waals surface area contributed by atoms with Crippen LogP contribution >= 0.6 is 0 Å². The molecule has 0 N–H and O–H groups in total. The Morgan fingerprint density at radius 3 is 2.74 bits per heavy atom. The minimum atomic E-state index is -0.537. The fraction of sp³-hybridized carbons (Fsp3) is 0.308. The van der Waals surface area contributed by atoms with Gasteiger partial charge in [-0.15, -0.1) is 6.58 Å². The molecule has 0 aliphatic rings. The molecule has 1 rings (SSSR count). The number of methoxy groups -OCH3 is 1. The molecule has 0 saturated heterocycles. The van der Waals surface area contributed by atoms with Crippen molar-refractivity contribution in [3.8, 4) is 5.75 Å². The van der Waals surface area contributed by atoms with E-state index in [0.717, 1.165) is 11.3 Å². The first-order valence-electron chi connectivity index (χ1n) is 5.65. The van der Waals surface area contributed by atoms with Gasteiger partial charge in [-0.25, -0.2) is 0 Å². The average molecular weight is 261 g/mol. The van der Waals surface area contributed by atoms with Crippen molar-refractivity contribution >= 4 is 5.97 Å². The largest absolute Gasteiger partial charge is 0.497 e. The summed E-state index contributed by atoms with van der Waals surface area (Å²) >= 11 is 0. The first-order valence-corrected chi connectivity index (χ1v) is 5.65. The number of azide groups is 1. The maximum Gasteiger partial charge on any atom is 0.310 e. The van der Waals surface area contributed by atoms with Crippen molar-refractivity contribution < 1.29 is 14.3 Å². The molecular weight excluding hydrogens is 246 g/mol. The second-order valence-corrected chi connectivity index (χ2v) is 3.72. The van der Waals surface area contributed by atoms with Crippen LogP contribution in [0.15, 0.2) is 42.0 Å². The lowest BCUT2D eigenvalue weighted by Gasteiger charge is -2.08. The Hall–Kier alpha value is -2.46. The summed E-state index contributed by atoms with van der Waals surface area (Å²) in [6, 6.07) is 6.59. The molecule has 0 spiro atoms. The summed E-state index contributed by atoms with van der Waals surface area (Å²) in [5.74, 6) is 0.345. The van der Waals surface area contributed by atoms with E-state index in [-0.39, 0.29) is 19.0 Å². The Labute approximate surface area is 111 Å². The molecule has 1 aromatic carbocycles. The Balaban J connectivity index is 2.45. The highest BCUT2D eigenvalue weighted by Gasteiger charge is 2.08. The van der Waals surface area contributed by atoms with Crippen LogP contribution in [-0.4, -0.2) is 25.7 Å². The molecule has 0 amide bonds. The van der Waals surface area contributed by atoms with Gasteiger partial charge in [0.05, 0.1) is 19.6 Å². The van der Waals surface area contributed by atoms with E-state index in [2.05, 4.69) is 16.6 Å². The Morgan fingerprint density at radius 2 is 2.21 bits per heavy atom. The fourth-order valence-corrected chi connectivity index (χ4v) is 1.35. The van der Waals surface area contributed by atoms with E-state index in [1.165, 1.54) is 6.08 Å². The van der Waals surface area contributed by atoms with Gasteiger partial charge in [0, 0.05) is 4.91 Å². The monoisotopic (exact) mass is 261 g/mol. The third kappa shape index (κ3) is 5.14. The molecule has 0 bridgehead atoms. The predicted octanol–water partition coefficient (Wildman–Crippen LogP) is 2.65. The van der Waals surface area contributed by atoms with E-state index in [4.69, 9.17) is 15.0 Å². The first-order chi connectivity index (χ1) is 9.19. The number of carbonyl (C=O) groups is 1. The van der Waals surface area contributed by atoms with E-state index >= 15 is 0 Å². The summed E-state index contributed by atoms with van der Waals surface area (Å²) in [6.45, 7) is 3.49. The molecule has 0 fully saturated rings. The fourth-order valence-electron chi connectivity index (χ4n) is 1.35. The van der Waals surface area contributed by atoms with Crippen molar-refractivity contribution in [2.45, 2.75) is 12.5 Å². The second-order valence-electron chi connectivity index (χ2n) is 3.72. The molecule has 0 aromatic heterocycles. The molecule has 0 aliphatic heterocycles. The van der Waals surface area contributed by atoms with Gasteiger partial charge in [-0.1, -0.05) is 23.3 Å². The molecule has 19 heavy (non-hydrogen) atoms. The van der Waals surface area contributed by atoms with Crippen LogP contribution in [0.2, 0.25) is 0 Å². The summed E-state index contributed by atoms with van der Waals surface area (Å²) < 4.78 is 10.0. The third-order valence-corrected chi connectivity index (χ3v) is 2.39. The molecule has 0 saturated carbocycles. The van der Waals surface area contributed by atoms with Crippen LogP contribution in [0.4, 0.5) is 0 Å². The molecular formula is C13H15N3O3. The van der Waals surface area contributed by atoms with Gasteiger partial charge in [-0.05, 0) is 23.2 Å². The number of ether oxygens (including phenoxy) is 2. The van der Waals surface area contributed by atoms with Gasteiger partial charge in [0.2, 0.25) is 0 Å². The minimum absolute atomic E-state index is 0.00253. The summed E-state index contributed by atoms with van der Waals surface area (Å²) in [5, 5.41) is 3.41. The highest BCUT2D eigenvalue weighted by atomic mass is 16.5. The molecule has 6 nitrogen and oxygen atoms in total. The molecule has 0 radical (unpaired) electrons. The van der Waals surface area contributed by atoms with E-state index < -0.39 is 6.04 Å². The molecule has 6 heteroatoms. The first kappa shape index (κ1) is 14.6. The van der Waals surface area contributed by atoms with Gasteiger partial charge in [0.15, 0.2) is 0 Å². The quantitative estimate of drug-likeness (QED) is 0.248. The summed E-state index contributed by atoms with van der Waals surface area (Å²) in [6.07, 6.45) is 1.59. The van der Waals surface area contributed by atoms with Gasteiger partial charge >= 0.3 is 5.97 Å². The SMILES string of the molecule is C=CC(COC(=O)Cc1ccc(OC)cc1)N=[N+]=[N-]. The number of benzene rings is 1. The highest BCUT2D eigenvalue weighted by Crippen LogP contribution is 2.12. The lowest BCUT2D eigenvalue weighted by Crippen LogP contribution is -2.16. The Morgan fingerprint density at radius 1 is 1.53 bits per heavy atom. The smallest absolute Gasteiger partial charge is 0.310 e. The molecule has 100 valence electrons. The summed E-state index contributed by atoms with van der Waals surface area (Å²) in [4.78, 5) is 14.2. The Kier molecular flexibility index (Phi) is 5.98. The van der Waals surface area contributed by atoms with Crippen molar-refractivity contribution in [2.75, 3.05) is 13.7 Å². The normalized spacial score (nSPS) is 11.0. The minimum Gasteiger partial charge on any atom is -0.497 e.